The van der Waals surface area contributed by atoms with E-state index in [0.717, 1.165) is 12.0 Å². The molecule has 2 rings (SSSR count). The third kappa shape index (κ3) is 3.12. The molecule has 0 saturated carbocycles. The normalized spacial score (nSPS) is 11.6. The number of hydrogen-bond donors (Lipinski definition) is 0. The third-order valence-electron chi connectivity index (χ3n) is 2.83. The first kappa shape index (κ1) is 12.2. The maximum Gasteiger partial charge on any atom is 0.0603 e. The number of azide groups is 1. The van der Waals surface area contributed by atoms with E-state index >= 15 is 0 Å². The number of hydrogen-bond acceptors (Lipinski definition) is 1. The molecule has 0 saturated heterocycles. The molecular formula is C15H14N3. The van der Waals surface area contributed by atoms with Gasteiger partial charge in [-0.1, -0.05) is 60.6 Å². The van der Waals surface area contributed by atoms with Gasteiger partial charge in [-0.3, -0.25) is 0 Å². The van der Waals surface area contributed by atoms with Crippen LogP contribution in [0.25, 0.3) is 10.4 Å². The number of nitrogens with zero attached hydrogens (tertiary/aromatic N) is 3. The zero-order chi connectivity index (χ0) is 12.8. The quantitative estimate of drug-likeness (QED) is 0.428. The van der Waals surface area contributed by atoms with Crippen molar-refractivity contribution in [3.05, 3.63) is 81.7 Å². The molecule has 18 heavy (non-hydrogen) atoms. The molecule has 2 aromatic rings. The van der Waals surface area contributed by atoms with Crippen molar-refractivity contribution in [1.82, 2.24) is 0 Å². The van der Waals surface area contributed by atoms with Crippen LogP contribution in [-0.2, 0) is 6.42 Å². The van der Waals surface area contributed by atoms with Crippen LogP contribution in [0.1, 0.15) is 29.7 Å². The fraction of sp³-hybridized carbons (Fsp3) is 0.200. The topological polar surface area (TPSA) is 48.8 Å². The summed E-state index contributed by atoms with van der Waals surface area (Å²) in [5, 5.41) is 3.66. The van der Waals surface area contributed by atoms with Crippen molar-refractivity contribution in [2.45, 2.75) is 19.4 Å². The van der Waals surface area contributed by atoms with Crippen LogP contribution in [0.4, 0.5) is 0 Å². The summed E-state index contributed by atoms with van der Waals surface area (Å²) in [5.74, 6) is 0. The molecule has 89 valence electrons. The lowest BCUT2D eigenvalue weighted by Gasteiger charge is -2.06. The fourth-order valence-corrected chi connectivity index (χ4v) is 1.81. The van der Waals surface area contributed by atoms with E-state index in [4.69, 9.17) is 5.53 Å². The van der Waals surface area contributed by atoms with Gasteiger partial charge < -0.3 is 0 Å². The van der Waals surface area contributed by atoms with Crippen molar-refractivity contribution >= 4 is 0 Å². The van der Waals surface area contributed by atoms with Gasteiger partial charge in [0.05, 0.1) is 6.04 Å². The van der Waals surface area contributed by atoms with Gasteiger partial charge in [-0.15, -0.1) is 0 Å². The Morgan fingerprint density at radius 2 is 1.94 bits per heavy atom. The van der Waals surface area contributed by atoms with E-state index in [1.54, 1.807) is 0 Å². The molecule has 0 heterocycles. The van der Waals surface area contributed by atoms with Crippen LogP contribution in [0, 0.1) is 6.07 Å². The molecule has 0 aliphatic heterocycles. The Labute approximate surface area is 107 Å². The van der Waals surface area contributed by atoms with Gasteiger partial charge in [0.2, 0.25) is 0 Å². The largest absolute Gasteiger partial charge is 0.0862 e. The first-order valence-electron chi connectivity index (χ1n) is 5.88. The minimum atomic E-state index is -0.166. The number of benzene rings is 2. The van der Waals surface area contributed by atoms with Crippen LogP contribution >= 0.6 is 0 Å². The molecule has 0 aliphatic carbocycles. The molecule has 1 atom stereocenters. The minimum Gasteiger partial charge on any atom is -0.0862 e. The van der Waals surface area contributed by atoms with Crippen molar-refractivity contribution in [3.8, 4) is 0 Å². The van der Waals surface area contributed by atoms with Gasteiger partial charge in [-0.05, 0) is 34.7 Å². The average Bonchev–Trinajstić information content (AvgIpc) is 2.41. The second-order valence-electron chi connectivity index (χ2n) is 4.20. The molecule has 2 aromatic carbocycles. The molecule has 0 aromatic heterocycles. The van der Waals surface area contributed by atoms with Crippen LogP contribution in [0.5, 0.6) is 0 Å². The molecule has 0 fully saturated rings. The van der Waals surface area contributed by atoms with Crippen LogP contribution in [0.2, 0.25) is 0 Å². The van der Waals surface area contributed by atoms with Gasteiger partial charge >= 0.3 is 0 Å². The SMILES string of the molecule is CC(N=[N+]=[N-])c1[c]cc(Cc2ccccc2)cc1. The zero-order valence-corrected chi connectivity index (χ0v) is 10.2. The summed E-state index contributed by atoms with van der Waals surface area (Å²) in [5.41, 5.74) is 11.8. The molecular weight excluding hydrogens is 222 g/mol. The molecule has 1 unspecified atom stereocenters. The van der Waals surface area contributed by atoms with Gasteiger partial charge in [0.1, 0.15) is 0 Å². The van der Waals surface area contributed by atoms with Crippen molar-refractivity contribution in [2.24, 2.45) is 5.11 Å². The summed E-state index contributed by atoms with van der Waals surface area (Å²) in [7, 11) is 0. The lowest BCUT2D eigenvalue weighted by Crippen LogP contribution is -1.91. The van der Waals surface area contributed by atoms with E-state index in [-0.39, 0.29) is 6.04 Å². The standard InChI is InChI=1S/C15H14N3/c1-12(17-18-16)15-9-7-14(8-10-15)11-13-5-3-2-4-6-13/h2-9,12H,11H2,1H3. The highest BCUT2D eigenvalue weighted by Gasteiger charge is 2.03. The van der Waals surface area contributed by atoms with Crippen molar-refractivity contribution in [1.29, 1.82) is 0 Å². The van der Waals surface area contributed by atoms with Crippen LogP contribution < -0.4 is 0 Å². The highest BCUT2D eigenvalue weighted by atomic mass is 15.1. The Morgan fingerprint density at radius 3 is 2.56 bits per heavy atom. The highest BCUT2D eigenvalue weighted by Crippen LogP contribution is 2.18. The molecule has 0 amide bonds. The van der Waals surface area contributed by atoms with Crippen molar-refractivity contribution in [3.63, 3.8) is 0 Å². The lowest BCUT2D eigenvalue weighted by molar-refractivity contribution is 0.805. The molecule has 3 heteroatoms. The van der Waals surface area contributed by atoms with E-state index in [9.17, 15) is 0 Å². The molecule has 0 spiro atoms. The maximum absolute atomic E-state index is 8.39. The van der Waals surface area contributed by atoms with Gasteiger partial charge in [-0.25, -0.2) is 0 Å². The Hall–Kier alpha value is -2.25. The lowest BCUT2D eigenvalue weighted by atomic mass is 10.0. The van der Waals surface area contributed by atoms with Crippen LogP contribution in [-0.4, -0.2) is 0 Å². The molecule has 0 N–H and O–H groups in total. The molecule has 1 radical (unpaired) electrons. The average molecular weight is 236 g/mol. The second kappa shape index (κ2) is 5.89. The zero-order valence-electron chi connectivity index (χ0n) is 10.2. The monoisotopic (exact) mass is 236 g/mol. The van der Waals surface area contributed by atoms with E-state index in [0.29, 0.717) is 0 Å². The van der Waals surface area contributed by atoms with E-state index in [2.05, 4.69) is 34.3 Å². The summed E-state index contributed by atoms with van der Waals surface area (Å²) in [6.07, 6.45) is 0.896. The van der Waals surface area contributed by atoms with Gasteiger partial charge in [0.25, 0.3) is 0 Å². The molecule has 0 aliphatic rings. The minimum absolute atomic E-state index is 0.166. The first-order valence-corrected chi connectivity index (χ1v) is 5.88. The first-order chi connectivity index (χ1) is 8.79. The van der Waals surface area contributed by atoms with E-state index in [1.165, 1.54) is 11.1 Å². The van der Waals surface area contributed by atoms with Gasteiger partial charge in [0, 0.05) is 4.91 Å². The highest BCUT2D eigenvalue weighted by molar-refractivity contribution is 5.29. The predicted molar refractivity (Wildman–Crippen MR) is 72.1 cm³/mol. The second-order valence-corrected chi connectivity index (χ2v) is 4.20. The summed E-state index contributed by atoms with van der Waals surface area (Å²) in [4.78, 5) is 2.81. The molecule has 0 bridgehead atoms. The summed E-state index contributed by atoms with van der Waals surface area (Å²) in [6.45, 7) is 1.86. The smallest absolute Gasteiger partial charge is 0.0603 e. The fourth-order valence-electron chi connectivity index (χ4n) is 1.81. The van der Waals surface area contributed by atoms with Crippen LogP contribution in [0.3, 0.4) is 0 Å². The summed E-state index contributed by atoms with van der Waals surface area (Å²) < 4.78 is 0. The Bertz CT molecular complexity index is 540. The number of rotatable bonds is 4. The maximum atomic E-state index is 8.39. The summed E-state index contributed by atoms with van der Waals surface area (Å²) in [6, 6.07) is 19.3. The van der Waals surface area contributed by atoms with Crippen molar-refractivity contribution in [2.75, 3.05) is 0 Å². The van der Waals surface area contributed by atoms with Gasteiger partial charge in [-0.2, -0.15) is 0 Å². The van der Waals surface area contributed by atoms with E-state index < -0.39 is 0 Å². The van der Waals surface area contributed by atoms with Crippen LogP contribution in [0.15, 0.2) is 53.6 Å². The Morgan fingerprint density at radius 1 is 1.17 bits per heavy atom. The Kier molecular flexibility index (Phi) is 4.00. The van der Waals surface area contributed by atoms with E-state index in [1.807, 2.05) is 37.3 Å². The third-order valence-corrected chi connectivity index (χ3v) is 2.83. The van der Waals surface area contributed by atoms with Crippen molar-refractivity contribution < 1.29 is 0 Å². The summed E-state index contributed by atoms with van der Waals surface area (Å²) >= 11 is 0. The molecule has 3 nitrogen and oxygen atoms in total. The van der Waals surface area contributed by atoms with Gasteiger partial charge in [0.15, 0.2) is 0 Å². The predicted octanol–water partition coefficient (Wildman–Crippen LogP) is 4.45. The Balaban J connectivity index is 2.11.